The molecular formula is C21H20ClN3O5. The van der Waals surface area contributed by atoms with E-state index in [0.717, 1.165) is 11.4 Å². The first-order valence-electron chi connectivity index (χ1n) is 8.96. The summed E-state index contributed by atoms with van der Waals surface area (Å²) in [6.07, 6.45) is 0. The minimum absolute atomic E-state index is 0.276. The molecule has 30 heavy (non-hydrogen) atoms. The smallest absolute Gasteiger partial charge is 0.338 e. The van der Waals surface area contributed by atoms with Crippen LogP contribution in [-0.2, 0) is 9.53 Å². The number of fused-ring (bicyclic) bond motifs is 1. The molecule has 0 saturated carbocycles. The number of esters is 1. The van der Waals surface area contributed by atoms with Crippen LogP contribution in [0.3, 0.4) is 0 Å². The van der Waals surface area contributed by atoms with Gasteiger partial charge in [-0.25, -0.2) is 14.8 Å². The van der Waals surface area contributed by atoms with Crippen LogP contribution in [-0.4, -0.2) is 42.7 Å². The molecule has 0 aliphatic heterocycles. The van der Waals surface area contributed by atoms with E-state index in [1.807, 2.05) is 13.8 Å². The van der Waals surface area contributed by atoms with Crippen LogP contribution >= 0.6 is 11.6 Å². The zero-order valence-electron chi connectivity index (χ0n) is 16.9. The first-order chi connectivity index (χ1) is 14.3. The highest BCUT2D eigenvalue weighted by Gasteiger charge is 2.15. The molecule has 0 spiro atoms. The Morgan fingerprint density at radius 1 is 0.967 bits per heavy atom. The van der Waals surface area contributed by atoms with Crippen LogP contribution in [0.4, 0.5) is 5.69 Å². The van der Waals surface area contributed by atoms with Gasteiger partial charge in [0.2, 0.25) is 0 Å². The van der Waals surface area contributed by atoms with Gasteiger partial charge < -0.3 is 19.5 Å². The lowest BCUT2D eigenvalue weighted by Gasteiger charge is -2.13. The second-order valence-electron chi connectivity index (χ2n) is 6.41. The number of amides is 1. The van der Waals surface area contributed by atoms with Gasteiger partial charge in [-0.15, -0.1) is 0 Å². The number of nitrogens with zero attached hydrogens (tertiary/aromatic N) is 2. The van der Waals surface area contributed by atoms with E-state index in [1.54, 1.807) is 18.2 Å². The van der Waals surface area contributed by atoms with Crippen molar-refractivity contribution in [3.05, 3.63) is 52.3 Å². The van der Waals surface area contributed by atoms with E-state index in [1.165, 1.54) is 26.4 Å². The third kappa shape index (κ3) is 4.60. The third-order valence-electron chi connectivity index (χ3n) is 4.39. The van der Waals surface area contributed by atoms with Crippen LogP contribution in [0.25, 0.3) is 11.0 Å². The number of methoxy groups -OCH3 is 2. The number of ether oxygens (including phenoxy) is 3. The van der Waals surface area contributed by atoms with Crippen LogP contribution in [0.5, 0.6) is 11.5 Å². The molecule has 0 atom stereocenters. The number of hydrogen-bond donors (Lipinski definition) is 1. The Hall–Kier alpha value is -3.39. The van der Waals surface area contributed by atoms with Gasteiger partial charge in [0.1, 0.15) is 11.5 Å². The van der Waals surface area contributed by atoms with Gasteiger partial charge in [0, 0.05) is 12.1 Å². The van der Waals surface area contributed by atoms with Gasteiger partial charge in [0.15, 0.2) is 6.61 Å². The summed E-state index contributed by atoms with van der Waals surface area (Å²) in [7, 11) is 2.90. The van der Waals surface area contributed by atoms with E-state index in [2.05, 4.69) is 15.3 Å². The quantitative estimate of drug-likeness (QED) is 0.596. The Morgan fingerprint density at radius 2 is 1.63 bits per heavy atom. The Labute approximate surface area is 178 Å². The molecule has 156 valence electrons. The van der Waals surface area contributed by atoms with Crippen LogP contribution in [0.2, 0.25) is 5.02 Å². The van der Waals surface area contributed by atoms with Crippen LogP contribution in [0, 0.1) is 13.8 Å². The molecule has 0 aliphatic carbocycles. The second-order valence-corrected chi connectivity index (χ2v) is 6.82. The third-order valence-corrected chi connectivity index (χ3v) is 4.69. The highest BCUT2D eigenvalue weighted by atomic mass is 35.5. The molecule has 0 unspecified atom stereocenters. The van der Waals surface area contributed by atoms with E-state index < -0.39 is 18.5 Å². The summed E-state index contributed by atoms with van der Waals surface area (Å²) in [6.45, 7) is 3.23. The molecule has 1 heterocycles. The SMILES string of the molecule is COc1cc(NC(=O)COC(=O)c2ccc3nc(C)c(C)nc3c2)c(OC)cc1Cl. The van der Waals surface area contributed by atoms with Gasteiger partial charge in [0.05, 0.1) is 52.9 Å². The lowest BCUT2D eigenvalue weighted by atomic mass is 10.2. The second kappa shape index (κ2) is 8.96. The average Bonchev–Trinajstić information content (AvgIpc) is 2.73. The summed E-state index contributed by atoms with van der Waals surface area (Å²) >= 11 is 6.05. The van der Waals surface area contributed by atoms with Gasteiger partial charge in [-0.2, -0.15) is 0 Å². The van der Waals surface area contributed by atoms with Crippen LogP contribution < -0.4 is 14.8 Å². The molecule has 0 bridgehead atoms. The van der Waals surface area contributed by atoms with Crippen molar-refractivity contribution in [2.24, 2.45) is 0 Å². The number of carbonyl (C=O) groups is 2. The number of carbonyl (C=O) groups excluding carboxylic acids is 2. The van der Waals surface area contributed by atoms with Gasteiger partial charge >= 0.3 is 5.97 Å². The minimum Gasteiger partial charge on any atom is -0.495 e. The molecule has 0 fully saturated rings. The Balaban J connectivity index is 1.68. The molecule has 0 radical (unpaired) electrons. The summed E-state index contributed by atoms with van der Waals surface area (Å²) in [5.74, 6) is -0.474. The van der Waals surface area contributed by atoms with E-state index in [9.17, 15) is 9.59 Å². The summed E-state index contributed by atoms with van der Waals surface area (Å²) in [5, 5.41) is 2.95. The van der Waals surface area contributed by atoms with Crippen molar-refractivity contribution < 1.29 is 23.8 Å². The predicted octanol–water partition coefficient (Wildman–Crippen LogP) is 3.71. The summed E-state index contributed by atoms with van der Waals surface area (Å²) in [4.78, 5) is 33.5. The largest absolute Gasteiger partial charge is 0.495 e. The van der Waals surface area contributed by atoms with E-state index >= 15 is 0 Å². The standard InChI is InChI=1S/C21H20ClN3O5/c1-11-12(2)24-16-7-13(5-6-15(16)23-11)21(27)30-10-20(26)25-17-9-18(28-3)14(22)8-19(17)29-4/h5-9H,10H2,1-4H3,(H,25,26). The van der Waals surface area contributed by atoms with E-state index in [-0.39, 0.29) is 5.56 Å². The number of rotatable bonds is 6. The molecule has 1 N–H and O–H groups in total. The van der Waals surface area contributed by atoms with E-state index in [4.69, 9.17) is 25.8 Å². The van der Waals surface area contributed by atoms with Gasteiger partial charge in [-0.1, -0.05) is 11.6 Å². The van der Waals surface area contributed by atoms with Crippen molar-refractivity contribution in [3.63, 3.8) is 0 Å². The zero-order valence-corrected chi connectivity index (χ0v) is 17.7. The van der Waals surface area contributed by atoms with Crippen LogP contribution in [0.15, 0.2) is 30.3 Å². The fourth-order valence-corrected chi connectivity index (χ4v) is 2.95. The van der Waals surface area contributed by atoms with Gasteiger partial charge in [-0.05, 0) is 32.0 Å². The Kier molecular flexibility index (Phi) is 6.37. The maximum Gasteiger partial charge on any atom is 0.338 e. The fraction of sp³-hybridized carbons (Fsp3) is 0.238. The zero-order chi connectivity index (χ0) is 21.8. The number of aryl methyl sites for hydroxylation is 2. The first-order valence-corrected chi connectivity index (χ1v) is 9.33. The molecule has 1 amide bonds. The molecule has 8 nitrogen and oxygen atoms in total. The molecule has 3 rings (SSSR count). The lowest BCUT2D eigenvalue weighted by Crippen LogP contribution is -2.21. The molecule has 1 aromatic heterocycles. The molecule has 9 heteroatoms. The summed E-state index contributed by atoms with van der Waals surface area (Å²) < 4.78 is 15.5. The van der Waals surface area contributed by atoms with E-state index in [0.29, 0.717) is 33.2 Å². The molecule has 0 aliphatic rings. The maximum atomic E-state index is 12.4. The van der Waals surface area contributed by atoms with Crippen molar-refractivity contribution >= 4 is 40.2 Å². The normalized spacial score (nSPS) is 10.6. The monoisotopic (exact) mass is 429 g/mol. The number of halogens is 1. The topological polar surface area (TPSA) is 99.6 Å². The molecule has 2 aromatic carbocycles. The molecule has 3 aromatic rings. The summed E-state index contributed by atoms with van der Waals surface area (Å²) in [5.41, 5.74) is 3.47. The van der Waals surface area contributed by atoms with Gasteiger partial charge in [0.25, 0.3) is 5.91 Å². The van der Waals surface area contributed by atoms with Crippen LogP contribution in [0.1, 0.15) is 21.7 Å². The Morgan fingerprint density at radius 3 is 2.30 bits per heavy atom. The summed E-state index contributed by atoms with van der Waals surface area (Å²) in [6, 6.07) is 7.90. The predicted molar refractivity (Wildman–Crippen MR) is 112 cm³/mol. The highest BCUT2D eigenvalue weighted by Crippen LogP contribution is 2.35. The maximum absolute atomic E-state index is 12.4. The number of hydrogen-bond acceptors (Lipinski definition) is 7. The van der Waals surface area contributed by atoms with Crippen molar-refractivity contribution in [3.8, 4) is 11.5 Å². The van der Waals surface area contributed by atoms with Gasteiger partial charge in [-0.3, -0.25) is 4.79 Å². The fourth-order valence-electron chi connectivity index (χ4n) is 2.72. The van der Waals surface area contributed by atoms with Crippen molar-refractivity contribution in [2.45, 2.75) is 13.8 Å². The minimum atomic E-state index is -0.646. The molecular weight excluding hydrogens is 410 g/mol. The number of aromatic nitrogens is 2. The van der Waals surface area contributed by atoms with Crippen molar-refractivity contribution in [2.75, 3.05) is 26.1 Å². The number of benzene rings is 2. The lowest BCUT2D eigenvalue weighted by molar-refractivity contribution is -0.119. The first kappa shape index (κ1) is 21.3. The highest BCUT2D eigenvalue weighted by molar-refractivity contribution is 6.32. The average molecular weight is 430 g/mol. The Bertz CT molecular complexity index is 1130. The number of anilines is 1. The van der Waals surface area contributed by atoms with Crippen molar-refractivity contribution in [1.82, 2.24) is 9.97 Å². The number of nitrogens with one attached hydrogen (secondary N) is 1. The van der Waals surface area contributed by atoms with Crippen molar-refractivity contribution in [1.29, 1.82) is 0 Å². The molecule has 0 saturated heterocycles.